The molecule has 3 heteroatoms. The van der Waals surface area contributed by atoms with E-state index in [1.165, 1.54) is 5.56 Å². The van der Waals surface area contributed by atoms with Gasteiger partial charge in [-0.25, -0.2) is 0 Å². The molecule has 0 heterocycles. The van der Waals surface area contributed by atoms with Crippen LogP contribution in [0.2, 0.25) is 0 Å². The summed E-state index contributed by atoms with van der Waals surface area (Å²) in [5.74, 6) is 0.514. The van der Waals surface area contributed by atoms with Gasteiger partial charge in [0, 0.05) is 17.6 Å². The maximum atomic E-state index is 12.8. The highest BCUT2D eigenvalue weighted by atomic mass is 16.1. The average Bonchev–Trinajstić information content (AvgIpc) is 2.45. The van der Waals surface area contributed by atoms with Gasteiger partial charge in [-0.05, 0) is 42.2 Å². The molecule has 1 fully saturated rings. The van der Waals surface area contributed by atoms with Gasteiger partial charge in [-0.15, -0.1) is 0 Å². The van der Waals surface area contributed by atoms with Crippen LogP contribution >= 0.6 is 0 Å². The number of hydrogen-bond donors (Lipinski definition) is 2. The van der Waals surface area contributed by atoms with Crippen molar-refractivity contribution in [1.82, 2.24) is 0 Å². The van der Waals surface area contributed by atoms with Crippen molar-refractivity contribution in [2.75, 3.05) is 5.32 Å². The third kappa shape index (κ3) is 3.13. The van der Waals surface area contributed by atoms with E-state index >= 15 is 0 Å². The molecule has 3 nitrogen and oxygen atoms in total. The van der Waals surface area contributed by atoms with Crippen molar-refractivity contribution < 1.29 is 4.79 Å². The van der Waals surface area contributed by atoms with E-state index in [0.717, 1.165) is 24.9 Å². The zero-order valence-electron chi connectivity index (χ0n) is 13.6. The number of hydrogen-bond acceptors (Lipinski definition) is 2. The number of nitrogens with two attached hydrogens (primary N) is 1. The molecule has 0 radical (unpaired) electrons. The third-order valence-corrected chi connectivity index (χ3v) is 5.48. The van der Waals surface area contributed by atoms with E-state index in [0.29, 0.717) is 5.92 Å². The van der Waals surface area contributed by atoms with Crippen molar-refractivity contribution >= 4 is 11.6 Å². The molecule has 0 bridgehead atoms. The van der Waals surface area contributed by atoms with Crippen molar-refractivity contribution in [2.45, 2.75) is 53.0 Å². The normalized spacial score (nSPS) is 28.1. The second-order valence-corrected chi connectivity index (χ2v) is 6.90. The van der Waals surface area contributed by atoms with Crippen LogP contribution in [-0.4, -0.2) is 11.9 Å². The first kappa shape index (κ1) is 16.0. The van der Waals surface area contributed by atoms with Crippen LogP contribution in [0.3, 0.4) is 0 Å². The van der Waals surface area contributed by atoms with E-state index in [-0.39, 0.29) is 23.3 Å². The second kappa shape index (κ2) is 6.18. The van der Waals surface area contributed by atoms with E-state index in [1.54, 1.807) is 0 Å². The molecular formula is C18H28N2O. The molecule has 1 saturated carbocycles. The highest BCUT2D eigenvalue weighted by molar-refractivity contribution is 5.93. The van der Waals surface area contributed by atoms with E-state index in [2.05, 4.69) is 39.1 Å². The SMILES string of the molecule is CCc1ccccc1NC(=O)C1CCC(N)C(C)C1(C)C. The molecule has 21 heavy (non-hydrogen) atoms. The van der Waals surface area contributed by atoms with Crippen LogP contribution < -0.4 is 11.1 Å². The molecular weight excluding hydrogens is 260 g/mol. The molecule has 3 unspecified atom stereocenters. The number of benzene rings is 1. The zero-order valence-corrected chi connectivity index (χ0v) is 13.6. The Balaban J connectivity index is 2.16. The number of rotatable bonds is 3. The summed E-state index contributed by atoms with van der Waals surface area (Å²) in [4.78, 5) is 12.8. The predicted octanol–water partition coefficient (Wildman–Crippen LogP) is 3.59. The van der Waals surface area contributed by atoms with E-state index in [4.69, 9.17) is 5.73 Å². The van der Waals surface area contributed by atoms with Crippen molar-refractivity contribution in [3.05, 3.63) is 29.8 Å². The molecule has 3 atom stereocenters. The van der Waals surface area contributed by atoms with Crippen LogP contribution in [0.4, 0.5) is 5.69 Å². The lowest BCUT2D eigenvalue weighted by Gasteiger charge is -2.46. The molecule has 1 aliphatic carbocycles. The monoisotopic (exact) mass is 288 g/mol. The number of para-hydroxylation sites is 1. The van der Waals surface area contributed by atoms with Crippen LogP contribution in [0.25, 0.3) is 0 Å². The Kier molecular flexibility index (Phi) is 4.72. The van der Waals surface area contributed by atoms with Gasteiger partial charge in [0.05, 0.1) is 0 Å². The van der Waals surface area contributed by atoms with Gasteiger partial charge in [0.2, 0.25) is 5.91 Å². The Hall–Kier alpha value is -1.35. The molecule has 116 valence electrons. The Labute approximate surface area is 128 Å². The van der Waals surface area contributed by atoms with Crippen molar-refractivity contribution in [1.29, 1.82) is 0 Å². The Morgan fingerprint density at radius 2 is 2.00 bits per heavy atom. The lowest BCUT2D eigenvalue weighted by molar-refractivity contribution is -0.127. The summed E-state index contributed by atoms with van der Waals surface area (Å²) in [6.07, 6.45) is 2.72. The Bertz CT molecular complexity index is 510. The molecule has 1 aromatic carbocycles. The summed E-state index contributed by atoms with van der Waals surface area (Å²) in [5, 5.41) is 3.14. The minimum Gasteiger partial charge on any atom is -0.327 e. The molecule has 1 aromatic rings. The molecule has 2 rings (SSSR count). The van der Waals surface area contributed by atoms with Gasteiger partial charge in [-0.2, -0.15) is 0 Å². The largest absolute Gasteiger partial charge is 0.327 e. The standard InChI is InChI=1S/C18H28N2O/c1-5-13-8-6-7-9-16(13)20-17(21)14-10-11-15(19)12(2)18(14,3)4/h6-9,12,14-15H,5,10-11,19H2,1-4H3,(H,20,21). The predicted molar refractivity (Wildman–Crippen MR) is 88.1 cm³/mol. The van der Waals surface area contributed by atoms with Crippen LogP contribution in [0.5, 0.6) is 0 Å². The molecule has 0 spiro atoms. The number of carbonyl (C=O) groups is 1. The van der Waals surface area contributed by atoms with Gasteiger partial charge in [0.25, 0.3) is 0 Å². The zero-order chi connectivity index (χ0) is 15.6. The third-order valence-electron chi connectivity index (χ3n) is 5.48. The Morgan fingerprint density at radius 1 is 1.33 bits per heavy atom. The molecule has 0 aromatic heterocycles. The highest BCUT2D eigenvalue weighted by Gasteiger charge is 2.45. The lowest BCUT2D eigenvalue weighted by atomic mass is 9.61. The molecule has 1 amide bonds. The minimum absolute atomic E-state index is 0.0252. The molecule has 1 aliphatic rings. The van der Waals surface area contributed by atoms with E-state index in [1.807, 2.05) is 18.2 Å². The van der Waals surface area contributed by atoms with Gasteiger partial charge < -0.3 is 11.1 Å². The van der Waals surface area contributed by atoms with Gasteiger partial charge in [0.1, 0.15) is 0 Å². The van der Waals surface area contributed by atoms with Crippen LogP contribution in [0, 0.1) is 17.3 Å². The number of carbonyl (C=O) groups excluding carboxylic acids is 1. The summed E-state index contributed by atoms with van der Waals surface area (Å²) < 4.78 is 0. The summed E-state index contributed by atoms with van der Waals surface area (Å²) in [7, 11) is 0. The summed E-state index contributed by atoms with van der Waals surface area (Å²) >= 11 is 0. The van der Waals surface area contributed by atoms with Crippen molar-refractivity contribution in [3.8, 4) is 0 Å². The maximum Gasteiger partial charge on any atom is 0.228 e. The summed E-state index contributed by atoms with van der Waals surface area (Å²) in [6, 6.07) is 8.24. The average molecular weight is 288 g/mol. The summed E-state index contributed by atoms with van der Waals surface area (Å²) in [5.41, 5.74) is 8.25. The second-order valence-electron chi connectivity index (χ2n) is 6.90. The molecule has 0 aliphatic heterocycles. The first-order valence-electron chi connectivity index (χ1n) is 8.02. The fourth-order valence-electron chi connectivity index (χ4n) is 3.49. The maximum absolute atomic E-state index is 12.8. The fourth-order valence-corrected chi connectivity index (χ4v) is 3.49. The molecule has 0 saturated heterocycles. The fraction of sp³-hybridized carbons (Fsp3) is 0.611. The summed E-state index contributed by atoms with van der Waals surface area (Å²) in [6.45, 7) is 8.63. The number of anilines is 1. The van der Waals surface area contributed by atoms with Crippen LogP contribution in [0.1, 0.15) is 46.1 Å². The number of aryl methyl sites for hydroxylation is 1. The minimum atomic E-state index is -0.0666. The highest BCUT2D eigenvalue weighted by Crippen LogP contribution is 2.44. The smallest absolute Gasteiger partial charge is 0.228 e. The van der Waals surface area contributed by atoms with Crippen molar-refractivity contribution in [3.63, 3.8) is 0 Å². The quantitative estimate of drug-likeness (QED) is 0.893. The van der Waals surface area contributed by atoms with E-state index in [9.17, 15) is 4.79 Å². The van der Waals surface area contributed by atoms with Gasteiger partial charge >= 0.3 is 0 Å². The first-order chi connectivity index (χ1) is 9.87. The van der Waals surface area contributed by atoms with Gasteiger partial charge in [0.15, 0.2) is 0 Å². The number of nitrogens with one attached hydrogen (secondary N) is 1. The topological polar surface area (TPSA) is 55.1 Å². The van der Waals surface area contributed by atoms with Gasteiger partial charge in [-0.3, -0.25) is 4.79 Å². The van der Waals surface area contributed by atoms with Crippen LogP contribution in [-0.2, 0) is 11.2 Å². The molecule has 3 N–H and O–H groups in total. The number of amides is 1. The lowest BCUT2D eigenvalue weighted by Crippen LogP contribution is -2.50. The van der Waals surface area contributed by atoms with Crippen LogP contribution in [0.15, 0.2) is 24.3 Å². The van der Waals surface area contributed by atoms with Crippen molar-refractivity contribution in [2.24, 2.45) is 23.0 Å². The van der Waals surface area contributed by atoms with Gasteiger partial charge in [-0.1, -0.05) is 45.9 Å². The first-order valence-corrected chi connectivity index (χ1v) is 8.02. The van der Waals surface area contributed by atoms with E-state index < -0.39 is 0 Å². The Morgan fingerprint density at radius 3 is 2.67 bits per heavy atom.